The molecule has 0 bridgehead atoms. The van der Waals surface area contributed by atoms with E-state index in [0.717, 1.165) is 5.76 Å². The summed E-state index contributed by atoms with van der Waals surface area (Å²) in [7, 11) is 0. The fraction of sp³-hybridized carbons (Fsp3) is 0.300. The van der Waals surface area contributed by atoms with Crippen LogP contribution in [0.4, 0.5) is 11.8 Å². The third-order valence-electron chi connectivity index (χ3n) is 2.13. The minimum Gasteiger partial charge on any atom is -0.444 e. The van der Waals surface area contributed by atoms with Crippen molar-refractivity contribution in [2.75, 3.05) is 11.1 Å². The number of rotatable bonds is 3. The van der Waals surface area contributed by atoms with Crippen LogP contribution in [0.25, 0.3) is 0 Å². The lowest BCUT2D eigenvalue weighted by Gasteiger charge is -2.12. The van der Waals surface area contributed by atoms with E-state index < -0.39 is 0 Å². The zero-order valence-electron chi connectivity index (χ0n) is 9.44. The number of anilines is 2. The Morgan fingerprint density at radius 3 is 2.82 bits per heavy atom. The van der Waals surface area contributed by atoms with Crippen molar-refractivity contribution in [1.29, 1.82) is 0 Å². The predicted octanol–water partition coefficient (Wildman–Crippen LogP) is 2.18. The highest BCUT2D eigenvalue weighted by Gasteiger charge is 2.13. The molecule has 0 saturated heterocycles. The zero-order chi connectivity index (χ0) is 12.4. The summed E-state index contributed by atoms with van der Waals surface area (Å²) in [5, 5.41) is 3.46. The van der Waals surface area contributed by atoms with E-state index in [2.05, 4.69) is 20.3 Å². The fourth-order valence-corrected chi connectivity index (χ4v) is 1.47. The Labute approximate surface area is 103 Å². The lowest BCUT2D eigenvalue weighted by atomic mass is 10.3. The molecule has 1 unspecified atom stereocenters. The van der Waals surface area contributed by atoms with Crippen molar-refractivity contribution in [1.82, 2.24) is 15.0 Å². The number of oxazole rings is 1. The van der Waals surface area contributed by atoms with Crippen molar-refractivity contribution in [3.63, 3.8) is 0 Å². The Hall–Kier alpha value is -1.82. The highest BCUT2D eigenvalue weighted by atomic mass is 35.5. The topological polar surface area (TPSA) is 89.9 Å². The molecule has 0 radical (unpaired) electrons. The highest BCUT2D eigenvalue weighted by Crippen LogP contribution is 2.23. The van der Waals surface area contributed by atoms with Crippen LogP contribution >= 0.6 is 11.6 Å². The molecule has 17 heavy (non-hydrogen) atoms. The molecule has 0 aliphatic carbocycles. The van der Waals surface area contributed by atoms with Gasteiger partial charge < -0.3 is 15.5 Å². The van der Waals surface area contributed by atoms with E-state index in [1.165, 1.54) is 6.20 Å². The Balaban J connectivity index is 2.18. The van der Waals surface area contributed by atoms with Gasteiger partial charge in [0.2, 0.25) is 11.8 Å². The van der Waals surface area contributed by atoms with E-state index in [4.69, 9.17) is 21.8 Å². The van der Waals surface area contributed by atoms with E-state index in [-0.39, 0.29) is 12.0 Å². The number of hydrogen-bond donors (Lipinski definition) is 2. The molecule has 1 atom stereocenters. The van der Waals surface area contributed by atoms with Crippen molar-refractivity contribution in [2.45, 2.75) is 19.9 Å². The third-order valence-corrected chi connectivity index (χ3v) is 2.40. The molecular weight excluding hydrogens is 242 g/mol. The Morgan fingerprint density at radius 2 is 2.18 bits per heavy atom. The van der Waals surface area contributed by atoms with Crippen LogP contribution in [0.2, 0.25) is 5.02 Å². The second kappa shape index (κ2) is 4.58. The van der Waals surface area contributed by atoms with Gasteiger partial charge in [-0.2, -0.15) is 4.98 Å². The maximum absolute atomic E-state index is 5.94. The van der Waals surface area contributed by atoms with Crippen LogP contribution in [-0.4, -0.2) is 15.0 Å². The molecule has 0 amide bonds. The first-order chi connectivity index (χ1) is 8.06. The molecule has 2 aromatic heterocycles. The first kappa shape index (κ1) is 11.7. The van der Waals surface area contributed by atoms with Crippen molar-refractivity contribution in [2.24, 2.45) is 0 Å². The van der Waals surface area contributed by atoms with Crippen molar-refractivity contribution < 1.29 is 4.42 Å². The van der Waals surface area contributed by atoms with Crippen molar-refractivity contribution >= 4 is 23.4 Å². The van der Waals surface area contributed by atoms with Crippen LogP contribution in [0.5, 0.6) is 0 Å². The summed E-state index contributed by atoms with van der Waals surface area (Å²) in [6, 6.07) is -0.157. The molecule has 3 N–H and O–H groups in total. The van der Waals surface area contributed by atoms with Gasteiger partial charge in [0.05, 0.1) is 12.4 Å². The van der Waals surface area contributed by atoms with Gasteiger partial charge in [-0.05, 0) is 13.8 Å². The van der Waals surface area contributed by atoms with Crippen LogP contribution < -0.4 is 11.1 Å². The first-order valence-corrected chi connectivity index (χ1v) is 5.41. The van der Waals surface area contributed by atoms with Crippen LogP contribution in [0.15, 0.2) is 16.8 Å². The highest BCUT2D eigenvalue weighted by molar-refractivity contribution is 6.32. The number of nitrogens with one attached hydrogen (secondary N) is 1. The molecule has 0 spiro atoms. The smallest absolute Gasteiger partial charge is 0.222 e. The quantitative estimate of drug-likeness (QED) is 0.871. The van der Waals surface area contributed by atoms with Gasteiger partial charge in [-0.3, -0.25) is 0 Å². The predicted molar refractivity (Wildman–Crippen MR) is 64.7 cm³/mol. The second-order valence-electron chi connectivity index (χ2n) is 3.60. The molecule has 2 aromatic rings. The van der Waals surface area contributed by atoms with Gasteiger partial charge in [-0.15, -0.1) is 0 Å². The van der Waals surface area contributed by atoms with Crippen LogP contribution in [-0.2, 0) is 0 Å². The Kier molecular flexibility index (Phi) is 3.14. The van der Waals surface area contributed by atoms with Gasteiger partial charge in [0.25, 0.3) is 0 Å². The number of halogens is 1. The molecule has 0 saturated carbocycles. The van der Waals surface area contributed by atoms with E-state index in [0.29, 0.717) is 16.7 Å². The molecule has 0 aliphatic heterocycles. The maximum Gasteiger partial charge on any atom is 0.222 e. The molecule has 2 heterocycles. The standard InChI is InChI=1S/C10H12ClN5O/c1-5-3-13-9(17-5)6(2)15-8-7(11)4-14-10(12)16-8/h3-4,6H,1-2H3,(H3,12,14,15,16). The molecular formula is C10H12ClN5O. The zero-order valence-corrected chi connectivity index (χ0v) is 10.2. The lowest BCUT2D eigenvalue weighted by molar-refractivity contribution is 0.453. The number of nitrogens with zero attached hydrogens (tertiary/aromatic N) is 3. The van der Waals surface area contributed by atoms with Gasteiger partial charge in [-0.25, -0.2) is 9.97 Å². The van der Waals surface area contributed by atoms with Gasteiger partial charge in [0.15, 0.2) is 5.82 Å². The average Bonchev–Trinajstić information content (AvgIpc) is 2.70. The molecule has 6 nitrogen and oxygen atoms in total. The summed E-state index contributed by atoms with van der Waals surface area (Å²) in [6.45, 7) is 3.72. The Morgan fingerprint density at radius 1 is 1.41 bits per heavy atom. The molecule has 0 aliphatic rings. The number of aromatic nitrogens is 3. The van der Waals surface area contributed by atoms with Crippen LogP contribution in [0.3, 0.4) is 0 Å². The largest absolute Gasteiger partial charge is 0.444 e. The number of nitrogen functional groups attached to an aromatic ring is 1. The maximum atomic E-state index is 5.94. The fourth-order valence-electron chi connectivity index (χ4n) is 1.32. The van der Waals surface area contributed by atoms with Crippen LogP contribution in [0.1, 0.15) is 24.6 Å². The number of hydrogen-bond acceptors (Lipinski definition) is 6. The summed E-state index contributed by atoms with van der Waals surface area (Å²) in [6.07, 6.45) is 3.10. The van der Waals surface area contributed by atoms with Gasteiger partial charge >= 0.3 is 0 Å². The normalized spacial score (nSPS) is 12.4. The Bertz CT molecular complexity index is 527. The molecule has 2 rings (SSSR count). The molecule has 90 valence electrons. The molecule has 7 heteroatoms. The first-order valence-electron chi connectivity index (χ1n) is 5.03. The summed E-state index contributed by atoms with van der Waals surface area (Å²) < 4.78 is 5.40. The van der Waals surface area contributed by atoms with Gasteiger partial charge in [-0.1, -0.05) is 11.6 Å². The average molecular weight is 254 g/mol. The third kappa shape index (κ3) is 2.65. The van der Waals surface area contributed by atoms with Crippen LogP contribution in [0, 0.1) is 6.92 Å². The van der Waals surface area contributed by atoms with E-state index >= 15 is 0 Å². The summed E-state index contributed by atoms with van der Waals surface area (Å²) >= 11 is 5.94. The minimum absolute atomic E-state index is 0.157. The van der Waals surface area contributed by atoms with E-state index in [1.807, 2.05) is 13.8 Å². The van der Waals surface area contributed by atoms with Gasteiger partial charge in [0.1, 0.15) is 16.8 Å². The van der Waals surface area contributed by atoms with Crippen molar-refractivity contribution in [3.05, 3.63) is 29.1 Å². The monoisotopic (exact) mass is 253 g/mol. The van der Waals surface area contributed by atoms with Crippen molar-refractivity contribution in [3.8, 4) is 0 Å². The van der Waals surface area contributed by atoms with E-state index in [9.17, 15) is 0 Å². The van der Waals surface area contributed by atoms with E-state index in [1.54, 1.807) is 6.20 Å². The second-order valence-corrected chi connectivity index (χ2v) is 4.01. The minimum atomic E-state index is -0.157. The number of nitrogens with two attached hydrogens (primary N) is 1. The summed E-state index contributed by atoms with van der Waals surface area (Å²) in [4.78, 5) is 11.9. The number of aryl methyl sites for hydroxylation is 1. The molecule has 0 aromatic carbocycles. The lowest BCUT2D eigenvalue weighted by Crippen LogP contribution is -2.10. The summed E-state index contributed by atoms with van der Waals surface area (Å²) in [5.74, 6) is 1.94. The SMILES string of the molecule is Cc1cnc(C(C)Nc2nc(N)ncc2Cl)o1. The summed E-state index contributed by atoms with van der Waals surface area (Å²) in [5.41, 5.74) is 5.49. The van der Waals surface area contributed by atoms with Gasteiger partial charge in [0, 0.05) is 0 Å². The molecule has 0 fully saturated rings.